The van der Waals surface area contributed by atoms with Gasteiger partial charge in [-0.25, -0.2) is 13.8 Å². The Balaban J connectivity index is 1.88. The number of nitrogens with zero attached hydrogens (tertiary/aromatic N) is 4. The number of hydrogen-bond acceptors (Lipinski definition) is 6. The Morgan fingerprint density at radius 1 is 1.43 bits per heavy atom. The van der Waals surface area contributed by atoms with Gasteiger partial charge in [0.05, 0.1) is 24.3 Å². The van der Waals surface area contributed by atoms with Gasteiger partial charge < -0.3 is 15.2 Å². The number of halogens is 5. The lowest BCUT2D eigenvalue weighted by Gasteiger charge is -2.31. The summed E-state index contributed by atoms with van der Waals surface area (Å²) in [5.41, 5.74) is -2.07. The molecule has 0 aliphatic carbocycles. The number of nitro groups is 1. The minimum atomic E-state index is -3.52. The zero-order chi connectivity index (χ0) is 22.2. The Labute approximate surface area is 173 Å². The first-order chi connectivity index (χ1) is 14.0. The van der Waals surface area contributed by atoms with Crippen LogP contribution in [0.15, 0.2) is 46.7 Å². The van der Waals surface area contributed by atoms with Crippen molar-refractivity contribution >= 4 is 27.7 Å². The number of carbonyl (C=O) groups excluding carboxylic acids is 1. The van der Waals surface area contributed by atoms with Crippen molar-refractivity contribution in [3.05, 3.63) is 68.0 Å². The van der Waals surface area contributed by atoms with Crippen molar-refractivity contribution in [3.63, 3.8) is 0 Å². The van der Waals surface area contributed by atoms with E-state index in [1.165, 1.54) is 29.1 Å². The molecular weight excluding hydrogens is 482 g/mol. The first kappa shape index (κ1) is 21.7. The third-order valence-corrected chi connectivity index (χ3v) is 4.80. The second-order valence-corrected chi connectivity index (χ2v) is 7.16. The first-order valence-corrected chi connectivity index (χ1v) is 8.94. The molecule has 9 nitrogen and oxygen atoms in total. The van der Waals surface area contributed by atoms with E-state index in [1.54, 1.807) is 6.07 Å². The quantitative estimate of drug-likeness (QED) is 0.376. The molecule has 1 saturated heterocycles. The minimum Gasteiger partial charge on any atom is -0.364 e. The number of aromatic nitrogens is 2. The fraction of sp³-hybridized carbons (Fsp3) is 0.250. The average molecular weight is 494 g/mol. The lowest BCUT2D eigenvalue weighted by Crippen LogP contribution is -2.55. The van der Waals surface area contributed by atoms with Gasteiger partial charge >= 0.3 is 5.82 Å². The topological polar surface area (TPSA) is 114 Å². The summed E-state index contributed by atoms with van der Waals surface area (Å²) in [4.78, 5) is 22.8. The Bertz CT molecular complexity index is 1040. The van der Waals surface area contributed by atoms with Crippen molar-refractivity contribution in [2.45, 2.75) is 25.1 Å². The van der Waals surface area contributed by atoms with E-state index < -0.39 is 47.0 Å². The monoisotopic (exact) mass is 493 g/mol. The smallest absolute Gasteiger partial charge is 0.364 e. The van der Waals surface area contributed by atoms with Crippen LogP contribution in [0.3, 0.4) is 0 Å². The van der Waals surface area contributed by atoms with E-state index in [0.29, 0.717) is 5.56 Å². The number of nitrogens with one attached hydrogen (secondary N) is 1. The maximum Gasteiger partial charge on any atom is 0.404 e. The van der Waals surface area contributed by atoms with Gasteiger partial charge in [0.2, 0.25) is 5.72 Å². The summed E-state index contributed by atoms with van der Waals surface area (Å²) in [5.74, 6) is -1.58. The molecule has 14 heteroatoms. The van der Waals surface area contributed by atoms with Gasteiger partial charge in [-0.15, -0.1) is 0 Å². The largest absolute Gasteiger partial charge is 0.404 e. The Morgan fingerprint density at radius 3 is 2.70 bits per heavy atom. The number of hydrazine groups is 1. The van der Waals surface area contributed by atoms with Gasteiger partial charge in [0.15, 0.2) is 0 Å². The predicted molar refractivity (Wildman–Crippen MR) is 96.2 cm³/mol. The first-order valence-electron chi connectivity index (χ1n) is 8.15. The summed E-state index contributed by atoms with van der Waals surface area (Å²) in [7, 11) is 0. The fourth-order valence-electron chi connectivity index (χ4n) is 2.83. The van der Waals surface area contributed by atoms with Crippen molar-refractivity contribution in [2.75, 3.05) is 0 Å². The van der Waals surface area contributed by atoms with Crippen LogP contribution in [0.4, 0.5) is 23.4 Å². The van der Waals surface area contributed by atoms with Gasteiger partial charge in [0.25, 0.3) is 18.4 Å². The molecule has 2 aromatic rings. The van der Waals surface area contributed by atoms with Crippen LogP contribution in [-0.2, 0) is 6.54 Å². The average Bonchev–Trinajstić information content (AvgIpc) is 3.22. The van der Waals surface area contributed by atoms with Crippen LogP contribution in [0, 0.1) is 10.1 Å². The van der Waals surface area contributed by atoms with E-state index in [2.05, 4.69) is 21.0 Å². The second-order valence-electron chi connectivity index (χ2n) is 6.30. The van der Waals surface area contributed by atoms with Crippen LogP contribution in [0.5, 0.6) is 0 Å². The van der Waals surface area contributed by atoms with E-state index in [-0.39, 0.29) is 21.6 Å². The van der Waals surface area contributed by atoms with Crippen molar-refractivity contribution in [1.29, 1.82) is 0 Å². The van der Waals surface area contributed by atoms with Crippen LogP contribution >= 0.6 is 15.9 Å². The summed E-state index contributed by atoms with van der Waals surface area (Å²) in [6, 6.07) is 5.46. The highest BCUT2D eigenvalue weighted by molar-refractivity contribution is 9.10. The molecule has 1 aromatic carbocycles. The molecule has 1 amide bonds. The number of amides is 1. The zero-order valence-electron chi connectivity index (χ0n) is 14.7. The van der Waals surface area contributed by atoms with Gasteiger partial charge in [-0.05, 0) is 38.5 Å². The van der Waals surface area contributed by atoms with Gasteiger partial charge in [-0.3, -0.25) is 10.2 Å². The van der Waals surface area contributed by atoms with Crippen LogP contribution in [0.1, 0.15) is 22.3 Å². The van der Waals surface area contributed by atoms with Crippen LogP contribution in [0.2, 0.25) is 0 Å². The number of aliphatic hydroxyl groups is 1. The minimum absolute atomic E-state index is 0.00956. The molecule has 1 atom stereocenters. The SMILES string of the molecule is O=C(c1cccc(Cn2cc(Br)c([N+](=O)[O-])n2)c1)N1NC(=C(F)F)CC1(O)C(F)F. The third-order valence-electron chi connectivity index (χ3n) is 4.24. The Kier molecular flexibility index (Phi) is 5.81. The molecule has 3 rings (SSSR count). The lowest BCUT2D eigenvalue weighted by molar-refractivity contribution is -0.390. The summed E-state index contributed by atoms with van der Waals surface area (Å²) in [6.07, 6.45) is -5.67. The van der Waals surface area contributed by atoms with Crippen molar-refractivity contribution < 1.29 is 32.4 Å². The number of hydrogen-bond donors (Lipinski definition) is 2. The molecule has 0 radical (unpaired) electrons. The molecule has 30 heavy (non-hydrogen) atoms. The zero-order valence-corrected chi connectivity index (χ0v) is 16.3. The standard InChI is InChI=1S/C16H12BrF4N5O4/c17-10-7-24(23-13(10)26(29)30)6-8-2-1-3-9(4-8)14(27)25-16(28,15(20)21)5-11(22-25)12(18)19/h1-4,7,15,22,28H,5-6H2. The van der Waals surface area contributed by atoms with Crippen LogP contribution < -0.4 is 5.43 Å². The van der Waals surface area contributed by atoms with Gasteiger partial charge in [-0.2, -0.15) is 13.5 Å². The maximum atomic E-state index is 13.3. The predicted octanol–water partition coefficient (Wildman–Crippen LogP) is 3.01. The second kappa shape index (κ2) is 8.02. The van der Waals surface area contributed by atoms with E-state index in [0.717, 1.165) is 0 Å². The molecule has 1 aromatic heterocycles. The third kappa shape index (κ3) is 4.00. The molecule has 0 bridgehead atoms. The molecule has 1 aliphatic heterocycles. The highest BCUT2D eigenvalue weighted by atomic mass is 79.9. The Morgan fingerprint density at radius 2 is 2.13 bits per heavy atom. The molecule has 2 heterocycles. The molecule has 0 saturated carbocycles. The van der Waals surface area contributed by atoms with E-state index in [1.807, 2.05) is 5.43 Å². The normalized spacial score (nSPS) is 18.6. The van der Waals surface area contributed by atoms with Crippen molar-refractivity contribution in [2.24, 2.45) is 0 Å². The Hall–Kier alpha value is -3.00. The molecule has 1 aliphatic rings. The van der Waals surface area contributed by atoms with Gasteiger partial charge in [0, 0.05) is 5.56 Å². The van der Waals surface area contributed by atoms with Crippen molar-refractivity contribution in [1.82, 2.24) is 20.2 Å². The fourth-order valence-corrected chi connectivity index (χ4v) is 3.29. The summed E-state index contributed by atoms with van der Waals surface area (Å²) in [5, 5.41) is 24.8. The molecule has 1 unspecified atom stereocenters. The lowest BCUT2D eigenvalue weighted by atomic mass is 10.1. The summed E-state index contributed by atoms with van der Waals surface area (Å²) in [6.45, 7) is -0.00956. The van der Waals surface area contributed by atoms with Gasteiger partial charge in [0.1, 0.15) is 10.2 Å². The highest BCUT2D eigenvalue weighted by Gasteiger charge is 2.53. The van der Waals surface area contributed by atoms with Crippen LogP contribution in [0.25, 0.3) is 0 Å². The summed E-state index contributed by atoms with van der Waals surface area (Å²) < 4.78 is 53.7. The molecule has 2 N–H and O–H groups in total. The summed E-state index contributed by atoms with van der Waals surface area (Å²) >= 11 is 3.00. The molecule has 1 fully saturated rings. The molecule has 0 spiro atoms. The van der Waals surface area contributed by atoms with Crippen LogP contribution in [-0.4, -0.2) is 42.9 Å². The van der Waals surface area contributed by atoms with E-state index >= 15 is 0 Å². The van der Waals surface area contributed by atoms with E-state index in [4.69, 9.17) is 0 Å². The van der Waals surface area contributed by atoms with Crippen molar-refractivity contribution in [3.8, 4) is 0 Å². The number of rotatable bonds is 5. The van der Waals surface area contributed by atoms with Gasteiger partial charge in [-0.1, -0.05) is 12.1 Å². The molecular formula is C16H12BrF4N5O4. The number of alkyl halides is 2. The molecule has 160 valence electrons. The number of carbonyl (C=O) groups is 1. The highest BCUT2D eigenvalue weighted by Crippen LogP contribution is 2.35. The van der Waals surface area contributed by atoms with E-state index in [9.17, 15) is 37.6 Å². The maximum absolute atomic E-state index is 13.3. The number of benzene rings is 1.